The van der Waals surface area contributed by atoms with Gasteiger partial charge < -0.3 is 14.8 Å². The van der Waals surface area contributed by atoms with Gasteiger partial charge in [0, 0.05) is 29.9 Å². The summed E-state index contributed by atoms with van der Waals surface area (Å²) < 4.78 is 49.7. The maximum absolute atomic E-state index is 13.5. The van der Waals surface area contributed by atoms with Crippen molar-refractivity contribution in [1.82, 2.24) is 0 Å². The van der Waals surface area contributed by atoms with Crippen LogP contribution in [-0.4, -0.2) is 6.79 Å². The van der Waals surface area contributed by atoms with Gasteiger partial charge in [0.05, 0.1) is 0 Å². The van der Waals surface area contributed by atoms with Gasteiger partial charge >= 0.3 is 0 Å². The summed E-state index contributed by atoms with van der Waals surface area (Å²) in [5.41, 5.74) is 0.708. The number of hydrogen-bond donors (Lipinski definition) is 1. The second-order valence-corrected chi connectivity index (χ2v) is 4.28. The summed E-state index contributed by atoms with van der Waals surface area (Å²) in [6, 6.07) is 6.51. The van der Waals surface area contributed by atoms with Crippen LogP contribution in [0.25, 0.3) is 0 Å². The molecule has 0 radical (unpaired) electrons. The highest BCUT2D eigenvalue weighted by molar-refractivity contribution is 5.55. The van der Waals surface area contributed by atoms with E-state index >= 15 is 0 Å². The number of rotatable bonds is 3. The van der Waals surface area contributed by atoms with E-state index in [1.807, 2.05) is 0 Å². The summed E-state index contributed by atoms with van der Waals surface area (Å²) >= 11 is 0. The molecule has 0 aliphatic carbocycles. The number of nitrogens with one attached hydrogen (secondary N) is 1. The van der Waals surface area contributed by atoms with Gasteiger partial charge in [0.2, 0.25) is 6.79 Å². The van der Waals surface area contributed by atoms with Crippen LogP contribution in [0.4, 0.5) is 18.9 Å². The van der Waals surface area contributed by atoms with Crippen molar-refractivity contribution in [2.75, 3.05) is 12.1 Å². The van der Waals surface area contributed by atoms with Crippen LogP contribution < -0.4 is 14.8 Å². The molecule has 2 aromatic rings. The number of hydrogen-bond acceptors (Lipinski definition) is 3. The van der Waals surface area contributed by atoms with Gasteiger partial charge in [-0.25, -0.2) is 13.2 Å². The average molecular weight is 281 g/mol. The standard InChI is InChI=1S/C14H10F3NO2/c15-10-5-12(17)11(16)3-8(10)6-18-9-1-2-13-14(4-9)20-7-19-13/h1-5,18H,6-7H2. The van der Waals surface area contributed by atoms with Gasteiger partial charge in [-0.05, 0) is 18.2 Å². The van der Waals surface area contributed by atoms with Crippen LogP contribution >= 0.6 is 0 Å². The lowest BCUT2D eigenvalue weighted by molar-refractivity contribution is 0.174. The highest BCUT2D eigenvalue weighted by Gasteiger charge is 2.14. The molecule has 1 aliphatic rings. The first-order valence-corrected chi connectivity index (χ1v) is 5.90. The van der Waals surface area contributed by atoms with Gasteiger partial charge in [0.15, 0.2) is 23.1 Å². The minimum Gasteiger partial charge on any atom is -0.454 e. The minimum absolute atomic E-state index is 0.0304. The van der Waals surface area contributed by atoms with E-state index in [4.69, 9.17) is 9.47 Å². The van der Waals surface area contributed by atoms with Gasteiger partial charge in [0.25, 0.3) is 0 Å². The molecule has 0 unspecified atom stereocenters. The largest absolute Gasteiger partial charge is 0.454 e. The fourth-order valence-corrected chi connectivity index (χ4v) is 1.90. The van der Waals surface area contributed by atoms with Crippen LogP contribution in [0.2, 0.25) is 0 Å². The van der Waals surface area contributed by atoms with E-state index in [-0.39, 0.29) is 18.9 Å². The van der Waals surface area contributed by atoms with Gasteiger partial charge in [-0.3, -0.25) is 0 Å². The summed E-state index contributed by atoms with van der Waals surface area (Å²) in [7, 11) is 0. The van der Waals surface area contributed by atoms with E-state index in [0.29, 0.717) is 23.3 Å². The molecular weight excluding hydrogens is 271 g/mol. The van der Waals surface area contributed by atoms with Crippen LogP contribution in [0.15, 0.2) is 30.3 Å². The molecule has 6 heteroatoms. The van der Waals surface area contributed by atoms with E-state index in [9.17, 15) is 13.2 Å². The van der Waals surface area contributed by atoms with Crippen molar-refractivity contribution in [1.29, 1.82) is 0 Å². The van der Waals surface area contributed by atoms with Crippen LogP contribution in [0.1, 0.15) is 5.56 Å². The lowest BCUT2D eigenvalue weighted by Gasteiger charge is -2.08. The Morgan fingerprint density at radius 3 is 2.50 bits per heavy atom. The average Bonchev–Trinajstić information content (AvgIpc) is 2.89. The van der Waals surface area contributed by atoms with Gasteiger partial charge in [-0.15, -0.1) is 0 Å². The predicted molar refractivity (Wildman–Crippen MR) is 66.2 cm³/mol. The second-order valence-electron chi connectivity index (χ2n) is 4.28. The summed E-state index contributed by atoms with van der Waals surface area (Å²) in [5, 5.41) is 2.91. The third kappa shape index (κ3) is 2.36. The van der Waals surface area contributed by atoms with E-state index < -0.39 is 17.5 Å². The molecule has 3 rings (SSSR count). The fraction of sp³-hybridized carbons (Fsp3) is 0.143. The van der Waals surface area contributed by atoms with Crippen LogP contribution in [0.5, 0.6) is 11.5 Å². The minimum atomic E-state index is -1.20. The van der Waals surface area contributed by atoms with Gasteiger partial charge in [0.1, 0.15) is 5.82 Å². The zero-order valence-corrected chi connectivity index (χ0v) is 10.3. The Balaban J connectivity index is 1.75. The number of anilines is 1. The molecule has 0 fully saturated rings. The molecule has 104 valence electrons. The van der Waals surface area contributed by atoms with E-state index in [2.05, 4.69) is 5.32 Å². The molecule has 0 aromatic heterocycles. The van der Waals surface area contributed by atoms with Crippen molar-refractivity contribution in [3.8, 4) is 11.5 Å². The Morgan fingerprint density at radius 1 is 0.900 bits per heavy atom. The number of fused-ring (bicyclic) bond motifs is 1. The first kappa shape index (κ1) is 12.7. The zero-order valence-electron chi connectivity index (χ0n) is 10.3. The van der Waals surface area contributed by atoms with Crippen LogP contribution in [0.3, 0.4) is 0 Å². The highest BCUT2D eigenvalue weighted by Crippen LogP contribution is 2.34. The van der Waals surface area contributed by atoms with Crippen molar-refractivity contribution < 1.29 is 22.6 Å². The monoisotopic (exact) mass is 281 g/mol. The molecule has 0 amide bonds. The van der Waals surface area contributed by atoms with Crippen molar-refractivity contribution in [3.05, 3.63) is 53.3 Å². The van der Waals surface area contributed by atoms with Gasteiger partial charge in [-0.2, -0.15) is 0 Å². The summed E-state index contributed by atoms with van der Waals surface area (Å²) in [6.45, 7) is 0.194. The normalized spacial score (nSPS) is 12.6. The van der Waals surface area contributed by atoms with Crippen molar-refractivity contribution >= 4 is 5.69 Å². The summed E-state index contributed by atoms with van der Waals surface area (Å²) in [6.07, 6.45) is 0. The quantitative estimate of drug-likeness (QED) is 0.874. The summed E-state index contributed by atoms with van der Waals surface area (Å²) in [4.78, 5) is 0. The van der Waals surface area contributed by atoms with E-state index in [0.717, 1.165) is 6.07 Å². The molecule has 0 saturated carbocycles. The molecule has 2 aromatic carbocycles. The topological polar surface area (TPSA) is 30.5 Å². The Bertz CT molecular complexity index is 661. The zero-order chi connectivity index (χ0) is 14.1. The maximum Gasteiger partial charge on any atom is 0.231 e. The molecule has 1 N–H and O–H groups in total. The predicted octanol–water partition coefficient (Wildman–Crippen LogP) is 3.44. The lowest BCUT2D eigenvalue weighted by atomic mass is 10.2. The Morgan fingerprint density at radius 2 is 1.65 bits per heavy atom. The molecule has 0 spiro atoms. The smallest absolute Gasteiger partial charge is 0.231 e. The molecule has 0 atom stereocenters. The first-order chi connectivity index (χ1) is 9.63. The number of halogens is 3. The van der Waals surface area contributed by atoms with Crippen LogP contribution in [0, 0.1) is 17.5 Å². The molecule has 0 saturated heterocycles. The molecule has 20 heavy (non-hydrogen) atoms. The van der Waals surface area contributed by atoms with Crippen molar-refractivity contribution in [2.24, 2.45) is 0 Å². The second kappa shape index (κ2) is 4.96. The molecule has 1 heterocycles. The Kier molecular flexibility index (Phi) is 3.14. The third-order valence-electron chi connectivity index (χ3n) is 2.94. The number of ether oxygens (including phenoxy) is 2. The maximum atomic E-state index is 13.5. The van der Waals surface area contributed by atoms with E-state index in [1.165, 1.54) is 0 Å². The lowest BCUT2D eigenvalue weighted by Crippen LogP contribution is -2.03. The molecule has 0 bridgehead atoms. The number of benzene rings is 2. The Hall–Kier alpha value is -2.37. The highest BCUT2D eigenvalue weighted by atomic mass is 19.2. The SMILES string of the molecule is Fc1cc(F)c(CNc2ccc3c(c2)OCO3)cc1F. The summed E-state index contributed by atoms with van der Waals surface area (Å²) in [5.74, 6) is -1.85. The van der Waals surface area contributed by atoms with Crippen molar-refractivity contribution in [2.45, 2.75) is 6.54 Å². The third-order valence-corrected chi connectivity index (χ3v) is 2.94. The Labute approximate surface area is 112 Å². The molecule has 1 aliphatic heterocycles. The molecular formula is C14H10F3NO2. The van der Waals surface area contributed by atoms with E-state index in [1.54, 1.807) is 18.2 Å². The molecule has 3 nitrogen and oxygen atoms in total. The van der Waals surface area contributed by atoms with Crippen LogP contribution in [-0.2, 0) is 6.54 Å². The van der Waals surface area contributed by atoms with Crippen molar-refractivity contribution in [3.63, 3.8) is 0 Å². The first-order valence-electron chi connectivity index (χ1n) is 5.90. The fourth-order valence-electron chi connectivity index (χ4n) is 1.90. The van der Waals surface area contributed by atoms with Gasteiger partial charge in [-0.1, -0.05) is 0 Å².